The van der Waals surface area contributed by atoms with Gasteiger partial charge >= 0.3 is 0 Å². The lowest BCUT2D eigenvalue weighted by Gasteiger charge is -2.04. The van der Waals surface area contributed by atoms with Gasteiger partial charge in [-0.15, -0.1) is 0 Å². The predicted molar refractivity (Wildman–Crippen MR) is 65.0 cm³/mol. The molecule has 0 amide bonds. The zero-order valence-corrected chi connectivity index (χ0v) is 9.80. The first kappa shape index (κ1) is 13.5. The van der Waals surface area contributed by atoms with Crippen molar-refractivity contribution < 1.29 is 19.7 Å². The molecule has 1 rings (SSSR count). The number of aliphatic hydroxyl groups is 1. The third-order valence-corrected chi connectivity index (χ3v) is 2.08. The van der Waals surface area contributed by atoms with Gasteiger partial charge in [-0.25, -0.2) is 0 Å². The van der Waals surface area contributed by atoms with Gasteiger partial charge in [-0.2, -0.15) is 0 Å². The summed E-state index contributed by atoms with van der Waals surface area (Å²) in [5.41, 5.74) is 0.603. The van der Waals surface area contributed by atoms with E-state index in [1.54, 1.807) is 24.4 Å². The fraction of sp³-hybridized carbons (Fsp3) is 0.417. The summed E-state index contributed by atoms with van der Waals surface area (Å²) in [5.74, 6) is 0.500. The van der Waals surface area contributed by atoms with Gasteiger partial charge in [0.1, 0.15) is 0 Å². The van der Waals surface area contributed by atoms with E-state index >= 15 is 0 Å². The number of hydrogen-bond donors (Lipinski definition) is 2. The van der Waals surface area contributed by atoms with Crippen LogP contribution in [0.4, 0.5) is 0 Å². The van der Waals surface area contributed by atoms with Gasteiger partial charge in [-0.3, -0.25) is 4.99 Å². The molecule has 0 saturated carbocycles. The molecule has 2 N–H and O–H groups in total. The molecular formula is C12H17NO4. The maximum Gasteiger partial charge on any atom is 0.166 e. The Kier molecular flexibility index (Phi) is 6.06. The number of nitrogens with zero attached hydrogens (tertiary/aromatic N) is 1. The summed E-state index contributed by atoms with van der Waals surface area (Å²) >= 11 is 0. The smallest absolute Gasteiger partial charge is 0.166 e. The SMILES string of the molecule is COc1cccc(C=NCCOCCO)c1O. The monoisotopic (exact) mass is 239 g/mol. The summed E-state index contributed by atoms with van der Waals surface area (Å²) in [6, 6.07) is 5.20. The summed E-state index contributed by atoms with van der Waals surface area (Å²) < 4.78 is 10.0. The van der Waals surface area contributed by atoms with Gasteiger partial charge in [0.05, 0.1) is 33.5 Å². The molecule has 5 nitrogen and oxygen atoms in total. The van der Waals surface area contributed by atoms with Crippen LogP contribution < -0.4 is 4.74 Å². The summed E-state index contributed by atoms with van der Waals surface area (Å²) in [4.78, 5) is 4.10. The van der Waals surface area contributed by atoms with Gasteiger partial charge in [0.15, 0.2) is 11.5 Å². The Bertz CT molecular complexity index is 366. The van der Waals surface area contributed by atoms with E-state index in [9.17, 15) is 5.11 Å². The third-order valence-electron chi connectivity index (χ3n) is 2.08. The minimum Gasteiger partial charge on any atom is -0.504 e. The van der Waals surface area contributed by atoms with Gasteiger partial charge in [0.25, 0.3) is 0 Å². The maximum absolute atomic E-state index is 9.75. The van der Waals surface area contributed by atoms with E-state index in [1.807, 2.05) is 0 Å². The normalized spacial score (nSPS) is 10.9. The molecule has 0 heterocycles. The second-order valence-electron chi connectivity index (χ2n) is 3.27. The molecule has 5 heteroatoms. The van der Waals surface area contributed by atoms with Crippen LogP contribution in [-0.2, 0) is 4.74 Å². The van der Waals surface area contributed by atoms with Gasteiger partial charge in [0, 0.05) is 11.8 Å². The van der Waals surface area contributed by atoms with E-state index < -0.39 is 0 Å². The highest BCUT2D eigenvalue weighted by Crippen LogP contribution is 2.27. The van der Waals surface area contributed by atoms with E-state index in [0.29, 0.717) is 31.1 Å². The van der Waals surface area contributed by atoms with Crippen LogP contribution in [0.15, 0.2) is 23.2 Å². The van der Waals surface area contributed by atoms with E-state index in [0.717, 1.165) is 0 Å². The van der Waals surface area contributed by atoms with E-state index in [2.05, 4.69) is 4.99 Å². The second-order valence-corrected chi connectivity index (χ2v) is 3.27. The van der Waals surface area contributed by atoms with Crippen molar-refractivity contribution in [3.05, 3.63) is 23.8 Å². The molecule has 0 aliphatic rings. The molecule has 0 aromatic heterocycles. The van der Waals surface area contributed by atoms with Crippen LogP contribution >= 0.6 is 0 Å². The summed E-state index contributed by atoms with van der Waals surface area (Å²) in [6.07, 6.45) is 1.57. The maximum atomic E-state index is 9.75. The number of hydrogen-bond acceptors (Lipinski definition) is 5. The zero-order valence-electron chi connectivity index (χ0n) is 9.80. The van der Waals surface area contributed by atoms with Crippen molar-refractivity contribution in [2.75, 3.05) is 33.5 Å². The number of aliphatic hydroxyl groups excluding tert-OH is 1. The fourth-order valence-corrected chi connectivity index (χ4v) is 1.25. The number of para-hydroxylation sites is 1. The number of rotatable bonds is 7. The Morgan fingerprint density at radius 1 is 1.35 bits per heavy atom. The Morgan fingerprint density at radius 2 is 2.18 bits per heavy atom. The number of aromatic hydroxyl groups is 1. The largest absolute Gasteiger partial charge is 0.504 e. The number of methoxy groups -OCH3 is 1. The van der Waals surface area contributed by atoms with Crippen molar-refractivity contribution in [1.82, 2.24) is 0 Å². The van der Waals surface area contributed by atoms with Gasteiger partial charge < -0.3 is 19.7 Å². The first-order chi connectivity index (χ1) is 8.29. The van der Waals surface area contributed by atoms with Gasteiger partial charge in [-0.05, 0) is 12.1 Å². The molecule has 94 valence electrons. The Hall–Kier alpha value is -1.59. The van der Waals surface area contributed by atoms with Crippen molar-refractivity contribution in [1.29, 1.82) is 0 Å². The summed E-state index contributed by atoms with van der Waals surface area (Å²) in [5, 5.41) is 18.2. The van der Waals surface area contributed by atoms with Crippen molar-refractivity contribution >= 4 is 6.21 Å². The quantitative estimate of drug-likeness (QED) is 0.546. The van der Waals surface area contributed by atoms with E-state index in [-0.39, 0.29) is 12.4 Å². The van der Waals surface area contributed by atoms with Gasteiger partial charge in [-0.1, -0.05) is 6.07 Å². The number of phenols is 1. The van der Waals surface area contributed by atoms with Crippen LogP contribution in [0.1, 0.15) is 5.56 Å². The predicted octanol–water partition coefficient (Wildman–Crippen LogP) is 0.829. The molecule has 0 fully saturated rings. The van der Waals surface area contributed by atoms with Crippen molar-refractivity contribution in [2.24, 2.45) is 4.99 Å². The third kappa shape index (κ3) is 4.42. The molecule has 0 radical (unpaired) electrons. The molecule has 1 aromatic rings. The minimum absolute atomic E-state index is 0.0143. The van der Waals surface area contributed by atoms with Crippen LogP contribution in [0.25, 0.3) is 0 Å². The summed E-state index contributed by atoms with van der Waals surface area (Å²) in [7, 11) is 1.50. The van der Waals surface area contributed by atoms with Crippen molar-refractivity contribution in [3.8, 4) is 11.5 Å². The molecule has 0 saturated heterocycles. The average molecular weight is 239 g/mol. The highest BCUT2D eigenvalue weighted by molar-refractivity contribution is 5.84. The molecule has 0 unspecified atom stereocenters. The van der Waals surface area contributed by atoms with E-state index in [1.165, 1.54) is 7.11 Å². The number of phenolic OH excluding ortho intramolecular Hbond substituents is 1. The second kappa shape index (κ2) is 7.65. The Morgan fingerprint density at radius 3 is 2.88 bits per heavy atom. The molecule has 0 aliphatic carbocycles. The summed E-state index contributed by atoms with van der Waals surface area (Å²) in [6.45, 7) is 1.26. The number of ether oxygens (including phenoxy) is 2. The van der Waals surface area contributed by atoms with Gasteiger partial charge in [0.2, 0.25) is 0 Å². The van der Waals surface area contributed by atoms with Crippen LogP contribution in [-0.4, -0.2) is 49.9 Å². The standard InChI is InChI=1S/C12H17NO4/c1-16-11-4-2-3-10(12(11)15)9-13-5-7-17-8-6-14/h2-4,9,14-15H,5-8H2,1H3. The lowest BCUT2D eigenvalue weighted by Crippen LogP contribution is -2.03. The molecule has 1 aromatic carbocycles. The highest BCUT2D eigenvalue weighted by Gasteiger charge is 2.04. The lowest BCUT2D eigenvalue weighted by atomic mass is 10.2. The molecular weight excluding hydrogens is 222 g/mol. The first-order valence-electron chi connectivity index (χ1n) is 5.34. The Balaban J connectivity index is 2.48. The lowest BCUT2D eigenvalue weighted by molar-refractivity contribution is 0.0978. The Labute approximate surface area is 100 Å². The molecule has 0 spiro atoms. The van der Waals surface area contributed by atoms with Crippen molar-refractivity contribution in [3.63, 3.8) is 0 Å². The topological polar surface area (TPSA) is 71.3 Å². The number of aliphatic imine (C=N–C) groups is 1. The molecule has 0 atom stereocenters. The van der Waals surface area contributed by atoms with Crippen LogP contribution in [0.2, 0.25) is 0 Å². The van der Waals surface area contributed by atoms with Crippen LogP contribution in [0.3, 0.4) is 0 Å². The van der Waals surface area contributed by atoms with E-state index in [4.69, 9.17) is 14.6 Å². The van der Waals surface area contributed by atoms with Crippen LogP contribution in [0, 0.1) is 0 Å². The zero-order chi connectivity index (χ0) is 12.5. The average Bonchev–Trinajstić information content (AvgIpc) is 2.35. The number of benzene rings is 1. The molecule has 17 heavy (non-hydrogen) atoms. The van der Waals surface area contributed by atoms with Crippen LogP contribution in [0.5, 0.6) is 11.5 Å². The fourth-order valence-electron chi connectivity index (χ4n) is 1.25. The van der Waals surface area contributed by atoms with Crippen molar-refractivity contribution in [2.45, 2.75) is 0 Å². The minimum atomic E-state index is 0.0143. The first-order valence-corrected chi connectivity index (χ1v) is 5.34. The highest BCUT2D eigenvalue weighted by atomic mass is 16.5. The molecule has 0 aliphatic heterocycles. The molecule has 0 bridgehead atoms.